The quantitative estimate of drug-likeness (QED) is 0.579. The van der Waals surface area contributed by atoms with Crippen LogP contribution < -0.4 is 5.73 Å². The van der Waals surface area contributed by atoms with E-state index in [1.54, 1.807) is 18.2 Å². The lowest BCUT2D eigenvalue weighted by Crippen LogP contribution is -2.48. The molecule has 4 rings (SSSR count). The molecule has 3 aromatic rings. The third-order valence-electron chi connectivity index (χ3n) is 5.97. The molecule has 166 valence electrons. The molecule has 1 heterocycles. The first-order chi connectivity index (χ1) is 15.6. The van der Waals surface area contributed by atoms with Crippen molar-refractivity contribution in [2.45, 2.75) is 44.5 Å². The zero-order valence-corrected chi connectivity index (χ0v) is 18.1. The maximum Gasteiger partial charge on any atom is 0.224 e. The Hall–Kier alpha value is -3.02. The molecular formula is C27H29FN2O2. The molecule has 1 amide bonds. The van der Waals surface area contributed by atoms with Crippen LogP contribution in [0.4, 0.5) is 4.39 Å². The average Bonchev–Trinajstić information content (AvgIpc) is 2.80. The van der Waals surface area contributed by atoms with Gasteiger partial charge in [0.25, 0.3) is 0 Å². The number of ether oxygens (including phenoxy) is 1. The molecule has 32 heavy (non-hydrogen) atoms. The van der Waals surface area contributed by atoms with Gasteiger partial charge in [-0.25, -0.2) is 4.39 Å². The lowest BCUT2D eigenvalue weighted by atomic mass is 9.93. The number of amides is 1. The predicted molar refractivity (Wildman–Crippen MR) is 123 cm³/mol. The Labute approximate surface area is 188 Å². The number of hydrogen-bond donors (Lipinski definition) is 1. The number of carbonyl (C=O) groups is 1. The third-order valence-corrected chi connectivity index (χ3v) is 5.97. The van der Waals surface area contributed by atoms with Gasteiger partial charge in [0, 0.05) is 19.0 Å². The van der Waals surface area contributed by atoms with Crippen molar-refractivity contribution in [3.63, 3.8) is 0 Å². The average molecular weight is 433 g/mol. The molecule has 0 saturated carbocycles. The van der Waals surface area contributed by atoms with Gasteiger partial charge in [0.15, 0.2) is 0 Å². The van der Waals surface area contributed by atoms with Gasteiger partial charge in [-0.2, -0.15) is 0 Å². The molecule has 4 nitrogen and oxygen atoms in total. The molecule has 1 aliphatic rings. The van der Waals surface area contributed by atoms with Crippen LogP contribution in [-0.2, 0) is 35.5 Å². The summed E-state index contributed by atoms with van der Waals surface area (Å²) in [6.07, 6.45) is 1.25. The number of rotatable bonds is 8. The summed E-state index contributed by atoms with van der Waals surface area (Å²) in [6, 6.07) is 24.3. The summed E-state index contributed by atoms with van der Waals surface area (Å²) in [5.74, 6) is -0.300. The summed E-state index contributed by atoms with van der Waals surface area (Å²) in [5, 5.41) is 0. The number of benzene rings is 3. The van der Waals surface area contributed by atoms with Crippen LogP contribution in [-0.4, -0.2) is 29.5 Å². The van der Waals surface area contributed by atoms with Crippen LogP contribution in [0.2, 0.25) is 0 Å². The fraction of sp³-hybridized carbons (Fsp3) is 0.296. The fourth-order valence-corrected chi connectivity index (χ4v) is 4.28. The summed E-state index contributed by atoms with van der Waals surface area (Å²) in [5.41, 5.74) is 10.3. The van der Waals surface area contributed by atoms with Gasteiger partial charge in [0.1, 0.15) is 5.82 Å². The Bertz CT molecular complexity index is 1040. The van der Waals surface area contributed by atoms with Crippen LogP contribution in [0.3, 0.4) is 0 Å². The normalized spacial score (nSPS) is 16.4. The van der Waals surface area contributed by atoms with Crippen molar-refractivity contribution < 1.29 is 13.9 Å². The molecule has 0 bridgehead atoms. The number of carbonyl (C=O) groups excluding carboxylic acids is 1. The Morgan fingerprint density at radius 3 is 2.47 bits per heavy atom. The van der Waals surface area contributed by atoms with Crippen molar-refractivity contribution in [2.75, 3.05) is 6.61 Å². The van der Waals surface area contributed by atoms with Gasteiger partial charge in [-0.1, -0.05) is 72.8 Å². The SMILES string of the molecule is N[C@@H](CC(=O)N1Cc2ccccc2CC1COCc1ccccc1)Cc1ccccc1F. The minimum atomic E-state index is -0.442. The highest BCUT2D eigenvalue weighted by atomic mass is 19.1. The van der Waals surface area contributed by atoms with Crippen molar-refractivity contribution in [1.82, 2.24) is 4.90 Å². The van der Waals surface area contributed by atoms with E-state index in [1.807, 2.05) is 47.4 Å². The molecule has 5 heteroatoms. The molecule has 0 fully saturated rings. The Morgan fingerprint density at radius 1 is 1.00 bits per heavy atom. The highest BCUT2D eigenvalue weighted by molar-refractivity contribution is 5.77. The van der Waals surface area contributed by atoms with Gasteiger partial charge < -0.3 is 15.4 Å². The van der Waals surface area contributed by atoms with Crippen LogP contribution in [0.15, 0.2) is 78.9 Å². The number of nitrogens with two attached hydrogens (primary N) is 1. The second-order valence-corrected chi connectivity index (χ2v) is 8.41. The molecule has 1 unspecified atom stereocenters. The summed E-state index contributed by atoms with van der Waals surface area (Å²) in [4.78, 5) is 15.1. The van der Waals surface area contributed by atoms with Crippen LogP contribution in [0, 0.1) is 5.82 Å². The summed E-state index contributed by atoms with van der Waals surface area (Å²) in [6.45, 7) is 1.51. The van der Waals surface area contributed by atoms with Gasteiger partial charge in [-0.15, -0.1) is 0 Å². The maximum absolute atomic E-state index is 14.0. The summed E-state index contributed by atoms with van der Waals surface area (Å²) in [7, 11) is 0. The first kappa shape index (κ1) is 22.2. The summed E-state index contributed by atoms with van der Waals surface area (Å²) >= 11 is 0. The smallest absolute Gasteiger partial charge is 0.224 e. The number of nitrogens with zero attached hydrogens (tertiary/aromatic N) is 1. The van der Waals surface area contributed by atoms with Gasteiger partial charge in [-0.05, 0) is 41.2 Å². The second-order valence-electron chi connectivity index (χ2n) is 8.41. The standard InChI is InChI=1S/C27H29FN2O2/c28-26-13-7-6-11-22(26)14-24(29)16-27(31)30-17-23-12-5-4-10-21(23)15-25(30)19-32-18-20-8-2-1-3-9-20/h1-13,24-25H,14-19,29H2/t24-,25?/m1/s1. The zero-order valence-electron chi connectivity index (χ0n) is 18.1. The number of fused-ring (bicyclic) bond motifs is 1. The first-order valence-electron chi connectivity index (χ1n) is 11.1. The molecular weight excluding hydrogens is 403 g/mol. The van der Waals surface area contributed by atoms with E-state index in [1.165, 1.54) is 11.6 Å². The molecule has 0 spiro atoms. The monoisotopic (exact) mass is 432 g/mol. The van der Waals surface area contributed by atoms with E-state index in [0.29, 0.717) is 31.7 Å². The van der Waals surface area contributed by atoms with E-state index in [4.69, 9.17) is 10.5 Å². The van der Waals surface area contributed by atoms with Gasteiger partial charge in [0.2, 0.25) is 5.91 Å². The van der Waals surface area contributed by atoms with E-state index in [2.05, 4.69) is 12.1 Å². The van der Waals surface area contributed by atoms with Crippen molar-refractivity contribution >= 4 is 5.91 Å². The lowest BCUT2D eigenvalue weighted by Gasteiger charge is -2.37. The van der Waals surface area contributed by atoms with Crippen LogP contribution in [0.5, 0.6) is 0 Å². The Kier molecular flexibility index (Phi) is 7.30. The van der Waals surface area contributed by atoms with Gasteiger partial charge in [0.05, 0.1) is 19.3 Å². The van der Waals surface area contributed by atoms with Crippen LogP contribution in [0.1, 0.15) is 28.7 Å². The largest absolute Gasteiger partial charge is 0.375 e. The van der Waals surface area contributed by atoms with Crippen molar-refractivity contribution in [1.29, 1.82) is 0 Å². The number of hydrogen-bond acceptors (Lipinski definition) is 3. The fourth-order valence-electron chi connectivity index (χ4n) is 4.28. The zero-order chi connectivity index (χ0) is 22.3. The van der Waals surface area contributed by atoms with E-state index in [-0.39, 0.29) is 24.2 Å². The Morgan fingerprint density at radius 2 is 1.69 bits per heavy atom. The molecule has 1 aliphatic heterocycles. The molecule has 0 radical (unpaired) electrons. The Balaban J connectivity index is 1.42. The van der Waals surface area contributed by atoms with Crippen LogP contribution >= 0.6 is 0 Å². The van der Waals surface area contributed by atoms with E-state index < -0.39 is 6.04 Å². The van der Waals surface area contributed by atoms with E-state index in [9.17, 15) is 9.18 Å². The van der Waals surface area contributed by atoms with Gasteiger partial charge in [-0.3, -0.25) is 4.79 Å². The van der Waals surface area contributed by atoms with Crippen molar-refractivity contribution in [3.05, 3.63) is 107 Å². The highest BCUT2D eigenvalue weighted by Crippen LogP contribution is 2.25. The first-order valence-corrected chi connectivity index (χ1v) is 11.1. The summed E-state index contributed by atoms with van der Waals surface area (Å²) < 4.78 is 20.0. The van der Waals surface area contributed by atoms with Crippen molar-refractivity contribution in [2.24, 2.45) is 5.73 Å². The third kappa shape index (κ3) is 5.61. The molecule has 2 atom stereocenters. The molecule has 0 aliphatic carbocycles. The molecule has 0 aromatic heterocycles. The topological polar surface area (TPSA) is 55.6 Å². The predicted octanol–water partition coefficient (Wildman–Crippen LogP) is 4.26. The van der Waals surface area contributed by atoms with E-state index >= 15 is 0 Å². The lowest BCUT2D eigenvalue weighted by molar-refractivity contribution is -0.136. The second kappa shape index (κ2) is 10.5. The van der Waals surface area contributed by atoms with E-state index in [0.717, 1.165) is 17.5 Å². The highest BCUT2D eigenvalue weighted by Gasteiger charge is 2.30. The number of halogens is 1. The van der Waals surface area contributed by atoms with Crippen LogP contribution in [0.25, 0.3) is 0 Å². The molecule has 2 N–H and O–H groups in total. The van der Waals surface area contributed by atoms with Gasteiger partial charge >= 0.3 is 0 Å². The maximum atomic E-state index is 14.0. The molecule has 3 aromatic carbocycles. The minimum absolute atomic E-state index is 0.0170. The minimum Gasteiger partial charge on any atom is -0.375 e. The molecule has 0 saturated heterocycles. The van der Waals surface area contributed by atoms with Crippen molar-refractivity contribution in [3.8, 4) is 0 Å².